The Labute approximate surface area is 95.6 Å². The summed E-state index contributed by atoms with van der Waals surface area (Å²) in [6, 6.07) is 3.63. The van der Waals surface area contributed by atoms with E-state index in [-0.39, 0.29) is 12.6 Å². The number of likely N-dealkylation sites (N-methyl/N-ethyl adjacent to an activating group) is 1. The molecule has 1 aliphatic rings. The van der Waals surface area contributed by atoms with Crippen LogP contribution in [0.25, 0.3) is 0 Å². The zero-order valence-electron chi connectivity index (χ0n) is 9.73. The van der Waals surface area contributed by atoms with Gasteiger partial charge in [0.05, 0.1) is 19.8 Å². The molecule has 0 fully saturated rings. The van der Waals surface area contributed by atoms with E-state index in [4.69, 9.17) is 15.6 Å². The normalized spacial score (nSPS) is 16.1. The van der Waals surface area contributed by atoms with Crippen molar-refractivity contribution >= 4 is 5.69 Å². The van der Waals surface area contributed by atoms with Crippen molar-refractivity contribution in [2.45, 2.75) is 12.5 Å². The minimum Gasteiger partial charge on any atom is -0.496 e. The van der Waals surface area contributed by atoms with Crippen LogP contribution in [0.15, 0.2) is 12.1 Å². The van der Waals surface area contributed by atoms with Gasteiger partial charge in [-0.25, -0.2) is 0 Å². The van der Waals surface area contributed by atoms with Gasteiger partial charge < -0.3 is 20.5 Å². The second kappa shape index (κ2) is 4.31. The monoisotopic (exact) mass is 222 g/mol. The predicted molar refractivity (Wildman–Crippen MR) is 64.0 cm³/mol. The van der Waals surface area contributed by atoms with E-state index >= 15 is 0 Å². The Morgan fingerprint density at radius 1 is 1.56 bits per heavy atom. The van der Waals surface area contributed by atoms with Crippen molar-refractivity contribution in [2.24, 2.45) is 5.73 Å². The second-order valence-electron chi connectivity index (χ2n) is 4.15. The topological polar surface area (TPSA) is 58.7 Å². The van der Waals surface area contributed by atoms with Crippen LogP contribution in [0.4, 0.5) is 5.69 Å². The van der Waals surface area contributed by atoms with Crippen LogP contribution >= 0.6 is 0 Å². The summed E-state index contributed by atoms with van der Waals surface area (Å²) in [5.41, 5.74) is 9.14. The summed E-state index contributed by atoms with van der Waals surface area (Å²) >= 11 is 0. The Morgan fingerprint density at radius 3 is 2.94 bits per heavy atom. The molecule has 3 N–H and O–H groups in total. The smallest absolute Gasteiger partial charge is 0.129 e. The molecule has 2 rings (SSSR count). The summed E-state index contributed by atoms with van der Waals surface area (Å²) in [5.74, 6) is 0.836. The van der Waals surface area contributed by atoms with E-state index in [1.54, 1.807) is 7.11 Å². The maximum atomic E-state index is 9.12. The molecule has 0 saturated heterocycles. The number of benzene rings is 1. The van der Waals surface area contributed by atoms with Crippen LogP contribution < -0.4 is 15.4 Å². The largest absolute Gasteiger partial charge is 0.496 e. The number of aliphatic hydroxyl groups excluding tert-OH is 1. The summed E-state index contributed by atoms with van der Waals surface area (Å²) in [7, 11) is 3.72. The number of nitrogens with two attached hydrogens (primary N) is 1. The van der Waals surface area contributed by atoms with Gasteiger partial charge >= 0.3 is 0 Å². The van der Waals surface area contributed by atoms with Crippen molar-refractivity contribution in [3.8, 4) is 5.75 Å². The minimum absolute atomic E-state index is 0.0645. The lowest BCUT2D eigenvalue weighted by Gasteiger charge is -2.18. The summed E-state index contributed by atoms with van der Waals surface area (Å²) < 4.78 is 5.44. The summed E-state index contributed by atoms with van der Waals surface area (Å²) in [6.07, 6.45) is 0.973. The molecule has 0 aliphatic carbocycles. The lowest BCUT2D eigenvalue weighted by molar-refractivity contribution is 0.264. The molecule has 1 heterocycles. The summed E-state index contributed by atoms with van der Waals surface area (Å²) in [5, 5.41) is 9.12. The third kappa shape index (κ3) is 1.64. The molecule has 0 amide bonds. The number of hydrogen-bond acceptors (Lipinski definition) is 4. The van der Waals surface area contributed by atoms with Crippen molar-refractivity contribution in [3.05, 3.63) is 23.3 Å². The van der Waals surface area contributed by atoms with E-state index in [0.29, 0.717) is 0 Å². The minimum atomic E-state index is -0.369. The van der Waals surface area contributed by atoms with Crippen LogP contribution in [-0.2, 0) is 6.42 Å². The number of aliphatic hydroxyl groups is 1. The number of nitrogens with zero attached hydrogens (tertiary/aromatic N) is 1. The number of anilines is 1. The quantitative estimate of drug-likeness (QED) is 0.789. The van der Waals surface area contributed by atoms with Crippen LogP contribution in [0, 0.1) is 0 Å². The lowest BCUT2D eigenvalue weighted by Crippen LogP contribution is -2.16. The molecule has 4 nitrogen and oxygen atoms in total. The maximum absolute atomic E-state index is 9.12. The van der Waals surface area contributed by atoms with Gasteiger partial charge in [0.1, 0.15) is 5.75 Å². The Hall–Kier alpha value is -1.26. The van der Waals surface area contributed by atoms with Crippen molar-refractivity contribution < 1.29 is 9.84 Å². The van der Waals surface area contributed by atoms with Gasteiger partial charge in [-0.1, -0.05) is 6.07 Å². The fraction of sp³-hybridized carbons (Fsp3) is 0.500. The van der Waals surface area contributed by atoms with Crippen molar-refractivity contribution in [1.29, 1.82) is 0 Å². The standard InChI is InChI=1S/C12H18N2O2/c1-14-6-5-9-11(14)4-3-8(10(13)7-15)12(9)16-2/h3-4,10,15H,5-7,13H2,1-2H3. The molecule has 0 bridgehead atoms. The summed E-state index contributed by atoms with van der Waals surface area (Å²) in [4.78, 5) is 2.20. The first-order valence-electron chi connectivity index (χ1n) is 5.46. The number of methoxy groups -OCH3 is 1. The molecule has 1 aromatic rings. The van der Waals surface area contributed by atoms with E-state index in [9.17, 15) is 0 Å². The highest BCUT2D eigenvalue weighted by atomic mass is 16.5. The fourth-order valence-corrected chi connectivity index (χ4v) is 2.27. The maximum Gasteiger partial charge on any atom is 0.129 e. The highest BCUT2D eigenvalue weighted by molar-refractivity contribution is 5.65. The average Bonchev–Trinajstić information content (AvgIpc) is 2.69. The zero-order valence-corrected chi connectivity index (χ0v) is 9.73. The number of rotatable bonds is 3. The third-order valence-corrected chi connectivity index (χ3v) is 3.17. The van der Waals surface area contributed by atoms with Gasteiger partial charge in [-0.2, -0.15) is 0 Å². The van der Waals surface area contributed by atoms with Gasteiger partial charge in [0.25, 0.3) is 0 Å². The molecule has 1 aromatic carbocycles. The Bertz CT molecular complexity index is 393. The van der Waals surface area contributed by atoms with Crippen molar-refractivity contribution in [2.75, 3.05) is 32.2 Å². The van der Waals surface area contributed by atoms with E-state index in [1.165, 1.54) is 11.3 Å². The van der Waals surface area contributed by atoms with Gasteiger partial charge in [0, 0.05) is 30.4 Å². The predicted octanol–water partition coefficient (Wildman–Crippen LogP) is 0.680. The van der Waals surface area contributed by atoms with Crippen molar-refractivity contribution in [1.82, 2.24) is 0 Å². The van der Waals surface area contributed by atoms with Gasteiger partial charge in [0.2, 0.25) is 0 Å². The second-order valence-corrected chi connectivity index (χ2v) is 4.15. The highest BCUT2D eigenvalue weighted by Gasteiger charge is 2.23. The van der Waals surface area contributed by atoms with Crippen LogP contribution in [-0.4, -0.2) is 32.4 Å². The van der Waals surface area contributed by atoms with E-state index in [1.807, 2.05) is 6.07 Å². The fourth-order valence-electron chi connectivity index (χ4n) is 2.27. The van der Waals surface area contributed by atoms with Gasteiger partial charge in [-0.3, -0.25) is 0 Å². The first-order valence-corrected chi connectivity index (χ1v) is 5.46. The molecule has 88 valence electrons. The number of hydrogen-bond donors (Lipinski definition) is 2. The average molecular weight is 222 g/mol. The molecule has 16 heavy (non-hydrogen) atoms. The van der Waals surface area contributed by atoms with Crippen LogP contribution in [0.2, 0.25) is 0 Å². The molecule has 0 spiro atoms. The molecule has 0 saturated carbocycles. The molecule has 0 radical (unpaired) electrons. The molecule has 1 atom stereocenters. The SMILES string of the molecule is COc1c(C(N)CO)ccc2c1CCN2C. The summed E-state index contributed by atoms with van der Waals surface area (Å²) in [6.45, 7) is 0.939. The molecule has 4 heteroatoms. The van der Waals surface area contributed by atoms with E-state index in [0.717, 1.165) is 24.3 Å². The molecule has 1 unspecified atom stereocenters. The Morgan fingerprint density at radius 2 is 2.31 bits per heavy atom. The number of ether oxygens (including phenoxy) is 1. The molecular formula is C12H18N2O2. The van der Waals surface area contributed by atoms with Crippen LogP contribution in [0.1, 0.15) is 17.2 Å². The van der Waals surface area contributed by atoms with E-state index < -0.39 is 0 Å². The Kier molecular flexibility index (Phi) is 3.03. The van der Waals surface area contributed by atoms with Crippen molar-refractivity contribution in [3.63, 3.8) is 0 Å². The lowest BCUT2D eigenvalue weighted by atomic mass is 10.0. The Balaban J connectivity index is 2.50. The first-order chi connectivity index (χ1) is 7.69. The number of fused-ring (bicyclic) bond motifs is 1. The third-order valence-electron chi connectivity index (χ3n) is 3.17. The van der Waals surface area contributed by atoms with Gasteiger partial charge in [-0.05, 0) is 12.5 Å². The van der Waals surface area contributed by atoms with Gasteiger partial charge in [-0.15, -0.1) is 0 Å². The van der Waals surface area contributed by atoms with Gasteiger partial charge in [0.15, 0.2) is 0 Å². The molecule has 0 aromatic heterocycles. The molecule has 1 aliphatic heterocycles. The zero-order chi connectivity index (χ0) is 11.7. The van der Waals surface area contributed by atoms with Crippen LogP contribution in [0.5, 0.6) is 5.75 Å². The first kappa shape index (κ1) is 11.2. The highest BCUT2D eigenvalue weighted by Crippen LogP contribution is 2.38. The van der Waals surface area contributed by atoms with E-state index in [2.05, 4.69) is 18.0 Å². The molecular weight excluding hydrogens is 204 g/mol. The van der Waals surface area contributed by atoms with Crippen LogP contribution in [0.3, 0.4) is 0 Å².